The van der Waals surface area contributed by atoms with E-state index in [9.17, 15) is 14.9 Å². The minimum absolute atomic E-state index is 0.0368. The molecule has 1 aromatic carbocycles. The Kier molecular flexibility index (Phi) is 4.13. The number of halogens is 1. The molecular weight excluding hydrogens is 379 g/mol. The molecule has 102 valence electrons. The number of carbonyl (C=O) groups is 1. The number of aromatic nitrogens is 1. The number of aromatic carboxylic acids is 1. The van der Waals surface area contributed by atoms with Crippen molar-refractivity contribution in [1.29, 1.82) is 0 Å². The molecule has 0 saturated carbocycles. The lowest BCUT2D eigenvalue weighted by Gasteiger charge is -2.08. The van der Waals surface area contributed by atoms with Gasteiger partial charge in [-0.05, 0) is 40.8 Å². The second kappa shape index (κ2) is 5.82. The van der Waals surface area contributed by atoms with Crippen LogP contribution in [0.1, 0.15) is 10.4 Å². The van der Waals surface area contributed by atoms with Crippen LogP contribution in [-0.4, -0.2) is 21.0 Å². The summed E-state index contributed by atoms with van der Waals surface area (Å²) in [7, 11) is 0. The summed E-state index contributed by atoms with van der Waals surface area (Å²) in [5.74, 6) is -1.11. The molecule has 0 saturated heterocycles. The minimum atomic E-state index is -1.15. The van der Waals surface area contributed by atoms with Gasteiger partial charge in [0.1, 0.15) is 11.3 Å². The summed E-state index contributed by atoms with van der Waals surface area (Å²) in [6.45, 7) is 0. The van der Waals surface area contributed by atoms with Crippen LogP contribution in [0.4, 0.5) is 5.69 Å². The van der Waals surface area contributed by atoms with Crippen LogP contribution in [0.25, 0.3) is 0 Å². The maximum Gasteiger partial charge on any atom is 0.339 e. The molecule has 0 radical (unpaired) electrons. The molecule has 0 aliphatic carbocycles. The molecule has 0 unspecified atom stereocenters. The first-order chi connectivity index (χ1) is 9.47. The summed E-state index contributed by atoms with van der Waals surface area (Å²) in [5, 5.41) is 19.8. The van der Waals surface area contributed by atoms with Crippen molar-refractivity contribution in [3.05, 3.63) is 55.8 Å². The zero-order valence-corrected chi connectivity index (χ0v) is 12.0. The van der Waals surface area contributed by atoms with Crippen LogP contribution in [0.2, 0.25) is 0 Å². The van der Waals surface area contributed by atoms with Gasteiger partial charge in [-0.3, -0.25) is 10.1 Å². The molecule has 7 nitrogen and oxygen atoms in total. The van der Waals surface area contributed by atoms with E-state index in [2.05, 4.69) is 4.98 Å². The van der Waals surface area contributed by atoms with Gasteiger partial charge in [0, 0.05) is 15.8 Å². The lowest BCUT2D eigenvalue weighted by molar-refractivity contribution is -0.385. The van der Waals surface area contributed by atoms with E-state index >= 15 is 0 Å². The number of carboxylic acid groups (broad SMARTS) is 1. The lowest BCUT2D eigenvalue weighted by atomic mass is 10.2. The molecule has 0 fully saturated rings. The highest BCUT2D eigenvalue weighted by Crippen LogP contribution is 2.27. The van der Waals surface area contributed by atoms with Gasteiger partial charge in [0.05, 0.1) is 11.0 Å². The van der Waals surface area contributed by atoms with Gasteiger partial charge in [-0.15, -0.1) is 0 Å². The number of carboxylic acids is 1. The number of benzene rings is 1. The fourth-order valence-electron chi connectivity index (χ4n) is 1.44. The number of nitrogens with zero attached hydrogens (tertiary/aromatic N) is 2. The van der Waals surface area contributed by atoms with Gasteiger partial charge >= 0.3 is 5.97 Å². The predicted octanol–water partition coefficient (Wildman–Crippen LogP) is 3.08. The van der Waals surface area contributed by atoms with Gasteiger partial charge in [-0.2, -0.15) is 0 Å². The Morgan fingerprint density at radius 2 is 2.10 bits per heavy atom. The SMILES string of the molecule is O=C(O)c1cc(I)ccc1Oc1cc([N+](=O)[O-])ccn1. The molecule has 0 aliphatic heterocycles. The molecule has 0 atom stereocenters. The van der Waals surface area contributed by atoms with Crippen molar-refractivity contribution in [2.75, 3.05) is 0 Å². The molecule has 0 amide bonds. The number of rotatable bonds is 4. The van der Waals surface area contributed by atoms with Crippen LogP contribution >= 0.6 is 22.6 Å². The molecular formula is C12H7IN2O5. The van der Waals surface area contributed by atoms with Crippen LogP contribution in [-0.2, 0) is 0 Å². The molecule has 0 spiro atoms. The quantitative estimate of drug-likeness (QED) is 0.492. The van der Waals surface area contributed by atoms with Crippen LogP contribution in [0.5, 0.6) is 11.6 Å². The van der Waals surface area contributed by atoms with Gasteiger partial charge < -0.3 is 9.84 Å². The third kappa shape index (κ3) is 3.20. The van der Waals surface area contributed by atoms with E-state index in [1.807, 2.05) is 22.6 Å². The highest BCUT2D eigenvalue weighted by atomic mass is 127. The Morgan fingerprint density at radius 1 is 1.35 bits per heavy atom. The van der Waals surface area contributed by atoms with Gasteiger partial charge in [-0.1, -0.05) is 0 Å². The Balaban J connectivity index is 2.37. The second-order valence-electron chi connectivity index (χ2n) is 3.66. The van der Waals surface area contributed by atoms with E-state index < -0.39 is 10.9 Å². The summed E-state index contributed by atoms with van der Waals surface area (Å²) in [6.07, 6.45) is 1.22. The molecule has 20 heavy (non-hydrogen) atoms. The average Bonchev–Trinajstić information content (AvgIpc) is 2.41. The number of hydrogen-bond donors (Lipinski definition) is 1. The van der Waals surface area contributed by atoms with Gasteiger partial charge in [0.15, 0.2) is 0 Å². The first kappa shape index (κ1) is 14.2. The molecule has 8 heteroatoms. The highest BCUT2D eigenvalue weighted by Gasteiger charge is 2.14. The zero-order valence-electron chi connectivity index (χ0n) is 9.82. The largest absolute Gasteiger partial charge is 0.478 e. The molecule has 1 heterocycles. The van der Waals surface area contributed by atoms with Crippen molar-refractivity contribution in [2.45, 2.75) is 0 Å². The molecule has 1 aromatic heterocycles. The van der Waals surface area contributed by atoms with Crippen molar-refractivity contribution < 1.29 is 19.6 Å². The molecule has 1 N–H and O–H groups in total. The molecule has 0 bridgehead atoms. The lowest BCUT2D eigenvalue weighted by Crippen LogP contribution is -2.01. The van der Waals surface area contributed by atoms with E-state index in [1.165, 1.54) is 24.4 Å². The number of ether oxygens (including phenoxy) is 1. The topological polar surface area (TPSA) is 103 Å². The van der Waals surface area contributed by atoms with Gasteiger partial charge in [0.25, 0.3) is 5.69 Å². The van der Waals surface area contributed by atoms with E-state index in [-0.39, 0.29) is 22.9 Å². The van der Waals surface area contributed by atoms with Crippen LogP contribution in [0, 0.1) is 13.7 Å². The summed E-state index contributed by atoms with van der Waals surface area (Å²) < 4.78 is 6.05. The monoisotopic (exact) mass is 386 g/mol. The molecule has 2 aromatic rings. The van der Waals surface area contributed by atoms with Crippen molar-refractivity contribution >= 4 is 34.2 Å². The third-order valence-corrected chi connectivity index (χ3v) is 2.99. The van der Waals surface area contributed by atoms with Crippen LogP contribution < -0.4 is 4.74 Å². The maximum atomic E-state index is 11.1. The third-order valence-electron chi connectivity index (χ3n) is 2.32. The summed E-state index contributed by atoms with van der Waals surface area (Å²) in [6, 6.07) is 6.93. The fourth-order valence-corrected chi connectivity index (χ4v) is 1.93. The van der Waals surface area contributed by atoms with E-state index in [1.54, 1.807) is 6.07 Å². The Labute approximate surface area is 126 Å². The van der Waals surface area contributed by atoms with Crippen LogP contribution in [0.15, 0.2) is 36.5 Å². The van der Waals surface area contributed by atoms with E-state index in [0.29, 0.717) is 0 Å². The predicted molar refractivity (Wildman–Crippen MR) is 77.1 cm³/mol. The van der Waals surface area contributed by atoms with Crippen molar-refractivity contribution in [3.63, 3.8) is 0 Å². The minimum Gasteiger partial charge on any atom is -0.478 e. The van der Waals surface area contributed by atoms with Gasteiger partial charge in [0.2, 0.25) is 5.88 Å². The summed E-state index contributed by atoms with van der Waals surface area (Å²) in [4.78, 5) is 25.0. The van der Waals surface area contributed by atoms with Gasteiger partial charge in [-0.25, -0.2) is 9.78 Å². The Bertz CT molecular complexity index is 689. The second-order valence-corrected chi connectivity index (χ2v) is 4.90. The normalized spacial score (nSPS) is 10.1. The fraction of sp³-hybridized carbons (Fsp3) is 0. The Morgan fingerprint density at radius 3 is 2.75 bits per heavy atom. The summed E-state index contributed by atoms with van der Waals surface area (Å²) >= 11 is 1.98. The Hall–Kier alpha value is -2.23. The summed E-state index contributed by atoms with van der Waals surface area (Å²) in [5.41, 5.74) is -0.220. The van der Waals surface area contributed by atoms with Crippen molar-refractivity contribution in [2.24, 2.45) is 0 Å². The molecule has 2 rings (SSSR count). The van der Waals surface area contributed by atoms with Crippen molar-refractivity contribution in [1.82, 2.24) is 4.98 Å². The van der Waals surface area contributed by atoms with E-state index in [4.69, 9.17) is 9.84 Å². The first-order valence-electron chi connectivity index (χ1n) is 5.28. The van der Waals surface area contributed by atoms with Crippen LogP contribution in [0.3, 0.4) is 0 Å². The van der Waals surface area contributed by atoms with E-state index in [0.717, 1.165) is 9.64 Å². The maximum absolute atomic E-state index is 11.1. The highest BCUT2D eigenvalue weighted by molar-refractivity contribution is 14.1. The average molecular weight is 386 g/mol. The zero-order chi connectivity index (χ0) is 14.7. The smallest absolute Gasteiger partial charge is 0.339 e. The first-order valence-corrected chi connectivity index (χ1v) is 6.36. The number of hydrogen-bond acceptors (Lipinski definition) is 5. The number of pyridine rings is 1. The standard InChI is InChI=1S/C12H7IN2O5/c13-7-1-2-10(9(5-7)12(16)17)20-11-6-8(15(18)19)3-4-14-11/h1-6H,(H,16,17). The van der Waals surface area contributed by atoms with Crippen molar-refractivity contribution in [3.8, 4) is 11.6 Å². The number of nitro groups is 1. The molecule has 0 aliphatic rings.